The van der Waals surface area contributed by atoms with Crippen molar-refractivity contribution in [1.29, 1.82) is 0 Å². The molecule has 84 valence electrons. The second kappa shape index (κ2) is 4.84. The summed E-state index contributed by atoms with van der Waals surface area (Å²) in [6, 6.07) is 1.69. The van der Waals surface area contributed by atoms with Crippen LogP contribution in [0.25, 0.3) is 0 Å². The van der Waals surface area contributed by atoms with E-state index >= 15 is 0 Å². The van der Waals surface area contributed by atoms with Crippen molar-refractivity contribution in [2.45, 2.75) is 19.8 Å². The Morgan fingerprint density at radius 1 is 1.62 bits per heavy atom. The second-order valence-electron chi connectivity index (χ2n) is 3.22. The van der Waals surface area contributed by atoms with E-state index in [0.29, 0.717) is 10.7 Å². The number of aromatic nitrogens is 4. The van der Waals surface area contributed by atoms with E-state index in [1.54, 1.807) is 12.3 Å². The molecule has 7 heteroatoms. The highest BCUT2D eigenvalue weighted by molar-refractivity contribution is 7.08. The molecule has 0 atom stereocenters. The van der Waals surface area contributed by atoms with E-state index in [1.807, 2.05) is 6.92 Å². The van der Waals surface area contributed by atoms with E-state index in [-0.39, 0.29) is 5.91 Å². The number of nitrogens with one attached hydrogen (secondary N) is 2. The van der Waals surface area contributed by atoms with E-state index < -0.39 is 0 Å². The number of hydrogen-bond donors (Lipinski definition) is 2. The fraction of sp³-hybridized carbons (Fsp3) is 0.333. The van der Waals surface area contributed by atoms with E-state index in [1.165, 1.54) is 0 Å². The maximum atomic E-state index is 11.8. The standard InChI is InChI=1S/C9H11N5OS/c1-2-3-6-8(16-14-12-6)9(15)11-7-4-5-10-13-7/h4-5H,2-3H2,1H3,(H2,10,11,13,15). The van der Waals surface area contributed by atoms with Crippen molar-refractivity contribution in [3.8, 4) is 0 Å². The number of rotatable bonds is 4. The van der Waals surface area contributed by atoms with Gasteiger partial charge >= 0.3 is 0 Å². The van der Waals surface area contributed by atoms with Gasteiger partial charge in [-0.05, 0) is 18.0 Å². The van der Waals surface area contributed by atoms with Crippen LogP contribution in [0.4, 0.5) is 5.82 Å². The van der Waals surface area contributed by atoms with Gasteiger partial charge in [-0.1, -0.05) is 17.8 Å². The fourth-order valence-electron chi connectivity index (χ4n) is 1.29. The molecule has 0 aliphatic heterocycles. The summed E-state index contributed by atoms with van der Waals surface area (Å²) in [6.45, 7) is 2.04. The summed E-state index contributed by atoms with van der Waals surface area (Å²) in [5.74, 6) is 0.378. The number of H-pyrrole nitrogens is 1. The van der Waals surface area contributed by atoms with E-state index in [2.05, 4.69) is 25.1 Å². The number of anilines is 1. The highest BCUT2D eigenvalue weighted by Gasteiger charge is 2.15. The third-order valence-electron chi connectivity index (χ3n) is 2.00. The second-order valence-corrected chi connectivity index (χ2v) is 3.98. The summed E-state index contributed by atoms with van der Waals surface area (Å²) in [5.41, 5.74) is 0.754. The Morgan fingerprint density at radius 3 is 3.19 bits per heavy atom. The van der Waals surface area contributed by atoms with Crippen molar-refractivity contribution in [1.82, 2.24) is 19.8 Å². The molecule has 2 N–H and O–H groups in total. The summed E-state index contributed by atoms with van der Waals surface area (Å²) >= 11 is 1.11. The van der Waals surface area contributed by atoms with E-state index in [9.17, 15) is 4.79 Å². The van der Waals surface area contributed by atoms with Gasteiger partial charge in [0.1, 0.15) is 10.7 Å². The van der Waals surface area contributed by atoms with Gasteiger partial charge in [-0.15, -0.1) is 5.10 Å². The molecule has 0 saturated heterocycles. The number of aromatic amines is 1. The average Bonchev–Trinajstić information content (AvgIpc) is 2.89. The van der Waals surface area contributed by atoms with Gasteiger partial charge < -0.3 is 5.32 Å². The summed E-state index contributed by atoms with van der Waals surface area (Å²) in [7, 11) is 0. The van der Waals surface area contributed by atoms with Crippen LogP contribution in [0.5, 0.6) is 0 Å². The topological polar surface area (TPSA) is 83.6 Å². The maximum absolute atomic E-state index is 11.8. The molecule has 0 spiro atoms. The van der Waals surface area contributed by atoms with Crippen LogP contribution in [0.3, 0.4) is 0 Å². The van der Waals surface area contributed by atoms with Crippen LogP contribution < -0.4 is 5.32 Å². The molecule has 1 amide bonds. The lowest BCUT2D eigenvalue weighted by Crippen LogP contribution is -2.12. The number of aryl methyl sites for hydroxylation is 1. The van der Waals surface area contributed by atoms with Crippen LogP contribution in [-0.4, -0.2) is 25.7 Å². The summed E-state index contributed by atoms with van der Waals surface area (Å²) in [6.07, 6.45) is 3.28. The Balaban J connectivity index is 2.11. The molecule has 0 aliphatic rings. The zero-order valence-electron chi connectivity index (χ0n) is 8.73. The summed E-state index contributed by atoms with van der Waals surface area (Å²) < 4.78 is 3.80. The first-order valence-electron chi connectivity index (χ1n) is 4.93. The molecule has 0 aromatic carbocycles. The first-order valence-corrected chi connectivity index (χ1v) is 5.70. The lowest BCUT2D eigenvalue weighted by atomic mass is 10.2. The molecule has 2 rings (SSSR count). The van der Waals surface area contributed by atoms with Crippen LogP contribution in [-0.2, 0) is 6.42 Å². The monoisotopic (exact) mass is 237 g/mol. The molecule has 2 aromatic heterocycles. The Hall–Kier alpha value is -1.76. The van der Waals surface area contributed by atoms with Crippen molar-refractivity contribution in [3.05, 3.63) is 22.8 Å². The molecule has 6 nitrogen and oxygen atoms in total. The quantitative estimate of drug-likeness (QED) is 0.843. The Kier molecular flexibility index (Phi) is 3.25. The van der Waals surface area contributed by atoms with E-state index in [0.717, 1.165) is 30.1 Å². The van der Waals surface area contributed by atoms with Gasteiger partial charge in [0.2, 0.25) is 0 Å². The molecule has 0 aliphatic carbocycles. The predicted molar refractivity (Wildman–Crippen MR) is 60.4 cm³/mol. The first-order chi connectivity index (χ1) is 7.81. The van der Waals surface area contributed by atoms with Crippen LogP contribution in [0, 0.1) is 0 Å². The molecular weight excluding hydrogens is 226 g/mol. The van der Waals surface area contributed by atoms with Crippen LogP contribution in [0.15, 0.2) is 12.3 Å². The minimum atomic E-state index is -0.192. The zero-order chi connectivity index (χ0) is 11.4. The van der Waals surface area contributed by atoms with Crippen LogP contribution in [0.2, 0.25) is 0 Å². The number of nitrogens with zero attached hydrogens (tertiary/aromatic N) is 3. The first kappa shape index (κ1) is 10.7. The highest BCUT2D eigenvalue weighted by atomic mass is 32.1. The van der Waals surface area contributed by atoms with Gasteiger partial charge in [0.25, 0.3) is 5.91 Å². The normalized spacial score (nSPS) is 10.3. The maximum Gasteiger partial charge on any atom is 0.270 e. The molecule has 0 unspecified atom stereocenters. The molecule has 16 heavy (non-hydrogen) atoms. The lowest BCUT2D eigenvalue weighted by Gasteiger charge is -2.00. The van der Waals surface area contributed by atoms with Gasteiger partial charge in [-0.25, -0.2) is 0 Å². The van der Waals surface area contributed by atoms with Crippen molar-refractivity contribution in [2.75, 3.05) is 5.32 Å². The van der Waals surface area contributed by atoms with Gasteiger partial charge in [0.15, 0.2) is 0 Å². The van der Waals surface area contributed by atoms with E-state index in [4.69, 9.17) is 0 Å². The minimum Gasteiger partial charge on any atom is -0.306 e. The number of carbonyl (C=O) groups is 1. The number of amides is 1. The van der Waals surface area contributed by atoms with Gasteiger partial charge in [0, 0.05) is 6.07 Å². The Bertz CT molecular complexity index is 464. The average molecular weight is 237 g/mol. The van der Waals surface area contributed by atoms with Crippen molar-refractivity contribution in [3.63, 3.8) is 0 Å². The number of carbonyl (C=O) groups excluding carboxylic acids is 1. The van der Waals surface area contributed by atoms with Crippen LogP contribution in [0.1, 0.15) is 28.7 Å². The third kappa shape index (κ3) is 2.25. The summed E-state index contributed by atoms with van der Waals surface area (Å²) in [5, 5.41) is 13.0. The molecular formula is C9H11N5OS. The highest BCUT2D eigenvalue weighted by Crippen LogP contribution is 2.14. The number of hydrogen-bond acceptors (Lipinski definition) is 5. The molecule has 0 fully saturated rings. The Labute approximate surface area is 96.2 Å². The van der Waals surface area contributed by atoms with Gasteiger partial charge in [0.05, 0.1) is 11.9 Å². The molecule has 0 radical (unpaired) electrons. The lowest BCUT2D eigenvalue weighted by molar-refractivity contribution is 0.102. The van der Waals surface area contributed by atoms with Crippen molar-refractivity contribution >= 4 is 23.3 Å². The molecule has 2 heterocycles. The van der Waals surface area contributed by atoms with Crippen molar-refractivity contribution in [2.24, 2.45) is 0 Å². The fourth-order valence-corrected chi connectivity index (χ4v) is 1.89. The third-order valence-corrected chi connectivity index (χ3v) is 2.76. The largest absolute Gasteiger partial charge is 0.306 e. The molecule has 2 aromatic rings. The smallest absolute Gasteiger partial charge is 0.270 e. The Morgan fingerprint density at radius 2 is 2.50 bits per heavy atom. The summed E-state index contributed by atoms with van der Waals surface area (Å²) in [4.78, 5) is 12.4. The van der Waals surface area contributed by atoms with Crippen molar-refractivity contribution < 1.29 is 4.79 Å². The van der Waals surface area contributed by atoms with Gasteiger partial charge in [-0.2, -0.15) is 5.10 Å². The van der Waals surface area contributed by atoms with Crippen LogP contribution >= 0.6 is 11.5 Å². The SMILES string of the molecule is CCCc1nnsc1C(=O)Nc1ccn[nH]1. The zero-order valence-corrected chi connectivity index (χ0v) is 9.54. The van der Waals surface area contributed by atoms with Gasteiger partial charge in [-0.3, -0.25) is 9.89 Å². The minimum absolute atomic E-state index is 0.192. The molecule has 0 saturated carbocycles. The molecule has 0 bridgehead atoms. The predicted octanol–water partition coefficient (Wildman–Crippen LogP) is 1.47.